The number of carboxylic acid groups (broad SMARTS) is 1. The van der Waals surface area contributed by atoms with Gasteiger partial charge in [0.25, 0.3) is 6.47 Å². The maximum atomic E-state index is 9.63. The highest BCUT2D eigenvalue weighted by molar-refractivity contribution is 5.32. The molecule has 2 saturated carbocycles. The average Bonchev–Trinajstić information content (AvgIpc) is 2.79. The quantitative estimate of drug-likeness (QED) is 0.453. The summed E-state index contributed by atoms with van der Waals surface area (Å²) in [7, 11) is 0. The molecule has 3 nitrogen and oxygen atoms in total. The summed E-state index contributed by atoms with van der Waals surface area (Å²) in [5, 5.41) is 16.5. The summed E-state index contributed by atoms with van der Waals surface area (Å²) < 4.78 is 0. The van der Waals surface area contributed by atoms with Crippen LogP contribution in [0.1, 0.15) is 19.3 Å². The molecule has 3 rings (SSSR count). The largest absolute Gasteiger partial charge is 0.483 e. The molecule has 0 aliphatic heterocycles. The molecule has 78 valence electrons. The van der Waals surface area contributed by atoms with Crippen LogP contribution in [0.5, 0.6) is 0 Å². The smallest absolute Gasteiger partial charge is 0.290 e. The van der Waals surface area contributed by atoms with Crippen LogP contribution < -0.4 is 0 Å². The zero-order valence-corrected chi connectivity index (χ0v) is 8.04. The number of carbonyl (C=O) groups is 1. The van der Waals surface area contributed by atoms with Crippen molar-refractivity contribution in [2.45, 2.75) is 25.4 Å². The third-order valence-corrected chi connectivity index (χ3v) is 3.97. The van der Waals surface area contributed by atoms with Gasteiger partial charge in [0.15, 0.2) is 0 Å². The number of allylic oxidation sites excluding steroid dienone is 1. The summed E-state index contributed by atoms with van der Waals surface area (Å²) in [5.74, 6) is 3.16. The molecule has 2 fully saturated rings. The molecular weight excluding hydrogens is 180 g/mol. The number of rotatable bonds is 0. The van der Waals surface area contributed by atoms with E-state index >= 15 is 0 Å². The lowest BCUT2D eigenvalue weighted by atomic mass is 9.80. The molecule has 3 aliphatic rings. The molecule has 14 heavy (non-hydrogen) atoms. The number of aliphatic hydroxyl groups excluding tert-OH is 1. The van der Waals surface area contributed by atoms with Crippen molar-refractivity contribution < 1.29 is 15.0 Å². The van der Waals surface area contributed by atoms with Gasteiger partial charge in [-0.1, -0.05) is 12.2 Å². The van der Waals surface area contributed by atoms with Crippen molar-refractivity contribution in [1.29, 1.82) is 0 Å². The van der Waals surface area contributed by atoms with Gasteiger partial charge in [-0.3, -0.25) is 4.79 Å². The molecule has 0 aromatic heterocycles. The third-order valence-electron chi connectivity index (χ3n) is 3.97. The van der Waals surface area contributed by atoms with Gasteiger partial charge in [0.05, 0.1) is 6.10 Å². The molecule has 3 heteroatoms. The highest BCUT2D eigenvalue weighted by atomic mass is 16.3. The second kappa shape index (κ2) is 3.73. The van der Waals surface area contributed by atoms with Gasteiger partial charge in [-0.15, -0.1) is 0 Å². The first-order valence-electron chi connectivity index (χ1n) is 5.22. The molecule has 5 unspecified atom stereocenters. The highest BCUT2D eigenvalue weighted by Crippen LogP contribution is 2.56. The normalized spacial score (nSPS) is 47.1. The first kappa shape index (κ1) is 9.71. The summed E-state index contributed by atoms with van der Waals surface area (Å²) in [6.07, 6.45) is 8.37. The van der Waals surface area contributed by atoms with E-state index in [1.807, 2.05) is 6.08 Å². The van der Waals surface area contributed by atoms with Crippen molar-refractivity contribution in [2.24, 2.45) is 23.7 Å². The van der Waals surface area contributed by atoms with Gasteiger partial charge in [-0.25, -0.2) is 0 Å². The summed E-state index contributed by atoms with van der Waals surface area (Å²) in [4.78, 5) is 8.36. The van der Waals surface area contributed by atoms with Crippen LogP contribution in [0.4, 0.5) is 0 Å². The topological polar surface area (TPSA) is 57.5 Å². The molecule has 2 N–H and O–H groups in total. The molecule has 5 atom stereocenters. The van der Waals surface area contributed by atoms with Crippen molar-refractivity contribution in [2.75, 3.05) is 0 Å². The van der Waals surface area contributed by atoms with E-state index in [2.05, 4.69) is 6.08 Å². The maximum Gasteiger partial charge on any atom is 0.290 e. The lowest BCUT2D eigenvalue weighted by molar-refractivity contribution is -0.122. The summed E-state index contributed by atoms with van der Waals surface area (Å²) >= 11 is 0. The molecule has 0 aromatic carbocycles. The molecule has 0 aromatic rings. The highest BCUT2D eigenvalue weighted by Gasteiger charge is 2.50. The van der Waals surface area contributed by atoms with E-state index < -0.39 is 0 Å². The first-order valence-corrected chi connectivity index (χ1v) is 5.22. The van der Waals surface area contributed by atoms with Gasteiger partial charge in [0, 0.05) is 0 Å². The van der Waals surface area contributed by atoms with Gasteiger partial charge in [0.2, 0.25) is 0 Å². The Labute approximate surface area is 83.4 Å². The fourth-order valence-corrected chi connectivity index (χ4v) is 3.54. The van der Waals surface area contributed by atoms with E-state index in [1.54, 1.807) is 0 Å². The molecule has 0 radical (unpaired) electrons. The first-order chi connectivity index (χ1) is 6.77. The van der Waals surface area contributed by atoms with Crippen LogP contribution >= 0.6 is 0 Å². The van der Waals surface area contributed by atoms with Crippen LogP contribution in [-0.2, 0) is 4.79 Å². The minimum atomic E-state index is -0.250. The number of aliphatic hydroxyl groups is 1. The van der Waals surface area contributed by atoms with Gasteiger partial charge < -0.3 is 10.2 Å². The Hall–Kier alpha value is -0.830. The Morgan fingerprint density at radius 3 is 2.50 bits per heavy atom. The standard InChI is InChI=1S/C10H14O.CH2O2/c11-9-4-3-8-6-1-2-7(5-6)10(8)9;2-1-3/h3-4,6-11H,1-2,5H2;1H,(H,2,3). The lowest BCUT2D eigenvalue weighted by Crippen LogP contribution is -2.25. The van der Waals surface area contributed by atoms with Crippen LogP contribution in [0.2, 0.25) is 0 Å². The van der Waals surface area contributed by atoms with Crippen LogP contribution in [0.3, 0.4) is 0 Å². The van der Waals surface area contributed by atoms with Gasteiger partial charge in [0.1, 0.15) is 0 Å². The fourth-order valence-electron chi connectivity index (χ4n) is 3.54. The predicted molar refractivity (Wildman–Crippen MR) is 51.7 cm³/mol. The zero-order chi connectivity index (χ0) is 10.1. The third kappa shape index (κ3) is 1.36. The average molecular weight is 196 g/mol. The van der Waals surface area contributed by atoms with Crippen LogP contribution in [0, 0.1) is 23.7 Å². The van der Waals surface area contributed by atoms with Crippen molar-refractivity contribution in [3.05, 3.63) is 12.2 Å². The SMILES string of the molecule is O=CO.OC1C=CC2C3CCC(C3)C12. The molecule has 2 bridgehead atoms. The molecule has 0 heterocycles. The summed E-state index contributed by atoms with van der Waals surface area (Å²) in [5.41, 5.74) is 0. The lowest BCUT2D eigenvalue weighted by Gasteiger charge is -2.26. The summed E-state index contributed by atoms with van der Waals surface area (Å²) in [6, 6.07) is 0. The van der Waals surface area contributed by atoms with Gasteiger partial charge in [-0.05, 0) is 42.9 Å². The van der Waals surface area contributed by atoms with Crippen molar-refractivity contribution in [3.8, 4) is 0 Å². The zero-order valence-electron chi connectivity index (χ0n) is 8.04. The van der Waals surface area contributed by atoms with Crippen molar-refractivity contribution in [1.82, 2.24) is 0 Å². The van der Waals surface area contributed by atoms with E-state index in [9.17, 15) is 5.11 Å². The minimum absolute atomic E-state index is 0.102. The number of hydrogen-bond acceptors (Lipinski definition) is 2. The number of fused-ring (bicyclic) bond motifs is 5. The number of hydrogen-bond donors (Lipinski definition) is 2. The maximum absolute atomic E-state index is 9.63. The van der Waals surface area contributed by atoms with E-state index in [-0.39, 0.29) is 12.6 Å². The predicted octanol–water partition coefficient (Wildman–Crippen LogP) is 1.28. The molecule has 0 amide bonds. The van der Waals surface area contributed by atoms with Gasteiger partial charge in [-0.2, -0.15) is 0 Å². The van der Waals surface area contributed by atoms with E-state index in [4.69, 9.17) is 9.90 Å². The van der Waals surface area contributed by atoms with E-state index in [0.29, 0.717) is 5.92 Å². The van der Waals surface area contributed by atoms with Gasteiger partial charge >= 0.3 is 0 Å². The Morgan fingerprint density at radius 1 is 1.21 bits per heavy atom. The molecule has 3 aliphatic carbocycles. The Morgan fingerprint density at radius 2 is 1.86 bits per heavy atom. The fraction of sp³-hybridized carbons (Fsp3) is 0.727. The monoisotopic (exact) mass is 196 g/mol. The molecular formula is C11H16O3. The second-order valence-electron chi connectivity index (χ2n) is 4.47. The van der Waals surface area contributed by atoms with Crippen LogP contribution in [0.25, 0.3) is 0 Å². The van der Waals surface area contributed by atoms with Crippen LogP contribution in [0.15, 0.2) is 12.2 Å². The van der Waals surface area contributed by atoms with Crippen molar-refractivity contribution >= 4 is 6.47 Å². The molecule has 0 spiro atoms. The minimum Gasteiger partial charge on any atom is -0.483 e. The Balaban J connectivity index is 0.000000226. The Kier molecular flexibility index (Phi) is 2.59. The van der Waals surface area contributed by atoms with Crippen molar-refractivity contribution in [3.63, 3.8) is 0 Å². The van der Waals surface area contributed by atoms with Crippen LogP contribution in [-0.4, -0.2) is 22.8 Å². The van der Waals surface area contributed by atoms with E-state index in [0.717, 1.165) is 17.8 Å². The second-order valence-corrected chi connectivity index (χ2v) is 4.47. The Bertz CT molecular complexity index is 249. The molecule has 0 saturated heterocycles. The summed E-state index contributed by atoms with van der Waals surface area (Å²) in [6.45, 7) is -0.250. The van der Waals surface area contributed by atoms with E-state index in [1.165, 1.54) is 19.3 Å².